The molecule has 3 heterocycles. The summed E-state index contributed by atoms with van der Waals surface area (Å²) in [6.07, 6.45) is 4.01. The number of likely N-dealkylation sites (tertiary alicyclic amines) is 1. The molecule has 1 amide bonds. The molecule has 0 aliphatic carbocycles. The second-order valence-corrected chi connectivity index (χ2v) is 7.15. The summed E-state index contributed by atoms with van der Waals surface area (Å²) in [4.78, 5) is 23.8. The summed E-state index contributed by atoms with van der Waals surface area (Å²) in [6.45, 7) is 10.9. The smallest absolute Gasteiger partial charge is 0.234 e. The highest BCUT2D eigenvalue weighted by Crippen LogP contribution is 2.10. The second kappa shape index (κ2) is 9.27. The van der Waals surface area contributed by atoms with Crippen LogP contribution in [0.4, 0.5) is 0 Å². The average molecular weight is 345 g/mol. The molecule has 1 aromatic heterocycles. The van der Waals surface area contributed by atoms with Crippen molar-refractivity contribution in [1.29, 1.82) is 0 Å². The molecule has 2 saturated heterocycles. The molecular weight excluding hydrogens is 314 g/mol. The number of hydrogen-bond acceptors (Lipinski definition) is 5. The van der Waals surface area contributed by atoms with Gasteiger partial charge < -0.3 is 10.2 Å². The maximum absolute atomic E-state index is 12.3. The van der Waals surface area contributed by atoms with Gasteiger partial charge >= 0.3 is 0 Å². The molecule has 0 atom stereocenters. The van der Waals surface area contributed by atoms with Crippen molar-refractivity contribution in [3.63, 3.8) is 0 Å². The van der Waals surface area contributed by atoms with Crippen LogP contribution < -0.4 is 5.32 Å². The van der Waals surface area contributed by atoms with Crippen LogP contribution in [0.2, 0.25) is 0 Å². The Balaban J connectivity index is 1.34. The van der Waals surface area contributed by atoms with Crippen LogP contribution >= 0.6 is 0 Å². The van der Waals surface area contributed by atoms with Gasteiger partial charge in [-0.3, -0.25) is 19.6 Å². The van der Waals surface area contributed by atoms with E-state index in [2.05, 4.69) is 38.0 Å². The molecule has 2 aliphatic heterocycles. The van der Waals surface area contributed by atoms with Crippen molar-refractivity contribution in [3.05, 3.63) is 30.1 Å². The molecule has 6 nitrogen and oxygen atoms in total. The Bertz CT molecular complexity index is 522. The number of nitrogens with one attached hydrogen (secondary N) is 1. The number of hydrogen-bond donors (Lipinski definition) is 1. The van der Waals surface area contributed by atoms with Gasteiger partial charge in [0, 0.05) is 58.1 Å². The Morgan fingerprint density at radius 1 is 1.08 bits per heavy atom. The van der Waals surface area contributed by atoms with E-state index < -0.39 is 0 Å². The average Bonchev–Trinajstić information content (AvgIpc) is 2.65. The Labute approximate surface area is 151 Å². The van der Waals surface area contributed by atoms with Gasteiger partial charge in [-0.15, -0.1) is 0 Å². The molecule has 0 bridgehead atoms. The number of pyridine rings is 1. The molecule has 1 aromatic rings. The van der Waals surface area contributed by atoms with Crippen molar-refractivity contribution in [3.8, 4) is 0 Å². The first-order valence-corrected chi connectivity index (χ1v) is 9.59. The SMILES string of the molecule is CCN1CCC(NC(=O)CN2CCN(Cc3ccccn3)CC2)CC1. The normalized spacial score (nSPS) is 21.3. The molecule has 0 spiro atoms. The van der Waals surface area contributed by atoms with E-state index in [1.165, 1.54) is 0 Å². The lowest BCUT2D eigenvalue weighted by Gasteiger charge is -2.35. The molecule has 138 valence electrons. The monoisotopic (exact) mass is 345 g/mol. The zero-order chi connectivity index (χ0) is 17.5. The molecule has 25 heavy (non-hydrogen) atoms. The highest BCUT2D eigenvalue weighted by Gasteiger charge is 2.22. The lowest BCUT2D eigenvalue weighted by molar-refractivity contribution is -0.123. The van der Waals surface area contributed by atoms with Crippen LogP contribution in [-0.2, 0) is 11.3 Å². The summed E-state index contributed by atoms with van der Waals surface area (Å²) in [5.74, 6) is 0.188. The summed E-state index contributed by atoms with van der Waals surface area (Å²) in [5.41, 5.74) is 1.12. The third-order valence-electron chi connectivity index (χ3n) is 5.34. The van der Waals surface area contributed by atoms with Gasteiger partial charge in [0.25, 0.3) is 0 Å². The third-order valence-corrected chi connectivity index (χ3v) is 5.34. The fraction of sp³-hybridized carbons (Fsp3) is 0.684. The fourth-order valence-electron chi connectivity index (χ4n) is 3.70. The van der Waals surface area contributed by atoms with Crippen LogP contribution in [0.15, 0.2) is 24.4 Å². The van der Waals surface area contributed by atoms with Crippen LogP contribution in [0.3, 0.4) is 0 Å². The standard InChI is InChI=1S/C19H31N5O/c1-2-22-9-6-17(7-10-22)21-19(25)16-24-13-11-23(12-14-24)15-18-5-3-4-8-20-18/h3-5,8,17H,2,6-7,9-16H2,1H3,(H,21,25). The summed E-state index contributed by atoms with van der Waals surface area (Å²) in [5, 5.41) is 3.23. The zero-order valence-corrected chi connectivity index (χ0v) is 15.4. The Hall–Kier alpha value is -1.50. The van der Waals surface area contributed by atoms with E-state index in [9.17, 15) is 4.79 Å². The van der Waals surface area contributed by atoms with Crippen LogP contribution in [0, 0.1) is 0 Å². The predicted octanol–water partition coefficient (Wildman–Crippen LogP) is 0.800. The fourth-order valence-corrected chi connectivity index (χ4v) is 3.70. The van der Waals surface area contributed by atoms with Gasteiger partial charge in [-0.2, -0.15) is 0 Å². The van der Waals surface area contributed by atoms with E-state index in [1.807, 2.05) is 18.3 Å². The maximum atomic E-state index is 12.3. The highest BCUT2D eigenvalue weighted by atomic mass is 16.2. The quantitative estimate of drug-likeness (QED) is 0.827. The molecule has 0 unspecified atom stereocenters. The number of rotatable bonds is 6. The van der Waals surface area contributed by atoms with Crippen molar-refractivity contribution in [1.82, 2.24) is 25.0 Å². The van der Waals surface area contributed by atoms with Gasteiger partial charge in [-0.1, -0.05) is 13.0 Å². The van der Waals surface area contributed by atoms with Crippen molar-refractivity contribution in [2.24, 2.45) is 0 Å². The van der Waals surface area contributed by atoms with Gasteiger partial charge in [0.1, 0.15) is 0 Å². The minimum Gasteiger partial charge on any atom is -0.352 e. The number of piperazine rings is 1. The summed E-state index contributed by atoms with van der Waals surface area (Å²) >= 11 is 0. The van der Waals surface area contributed by atoms with Crippen molar-refractivity contribution < 1.29 is 4.79 Å². The largest absolute Gasteiger partial charge is 0.352 e. The van der Waals surface area contributed by atoms with Gasteiger partial charge in [0.2, 0.25) is 5.91 Å². The molecule has 0 radical (unpaired) electrons. The first-order chi connectivity index (χ1) is 12.2. The summed E-state index contributed by atoms with van der Waals surface area (Å²) in [6, 6.07) is 6.42. The minimum absolute atomic E-state index is 0.188. The van der Waals surface area contributed by atoms with Crippen LogP contribution in [-0.4, -0.2) is 84.0 Å². The Morgan fingerprint density at radius 3 is 2.44 bits per heavy atom. The van der Waals surface area contributed by atoms with Crippen LogP contribution in [0.25, 0.3) is 0 Å². The van der Waals surface area contributed by atoms with E-state index in [0.29, 0.717) is 12.6 Å². The molecule has 0 saturated carbocycles. The number of aromatic nitrogens is 1. The number of piperidine rings is 1. The Kier molecular flexibility index (Phi) is 6.78. The van der Waals surface area contributed by atoms with Crippen LogP contribution in [0.1, 0.15) is 25.5 Å². The molecular formula is C19H31N5O. The summed E-state index contributed by atoms with van der Waals surface area (Å²) in [7, 11) is 0. The van der Waals surface area contributed by atoms with E-state index in [4.69, 9.17) is 0 Å². The molecule has 2 aliphatic rings. The van der Waals surface area contributed by atoms with E-state index in [0.717, 1.165) is 70.9 Å². The first kappa shape index (κ1) is 18.3. The van der Waals surface area contributed by atoms with E-state index in [-0.39, 0.29) is 5.91 Å². The first-order valence-electron chi connectivity index (χ1n) is 9.59. The van der Waals surface area contributed by atoms with E-state index in [1.54, 1.807) is 0 Å². The molecule has 3 rings (SSSR count). The predicted molar refractivity (Wildman–Crippen MR) is 99.2 cm³/mol. The highest BCUT2D eigenvalue weighted by molar-refractivity contribution is 5.78. The number of carbonyl (C=O) groups is 1. The van der Waals surface area contributed by atoms with Crippen molar-refractivity contribution >= 4 is 5.91 Å². The summed E-state index contributed by atoms with van der Waals surface area (Å²) < 4.78 is 0. The van der Waals surface area contributed by atoms with Crippen molar-refractivity contribution in [2.45, 2.75) is 32.4 Å². The Morgan fingerprint density at radius 2 is 1.80 bits per heavy atom. The van der Waals surface area contributed by atoms with Gasteiger partial charge in [-0.25, -0.2) is 0 Å². The van der Waals surface area contributed by atoms with E-state index >= 15 is 0 Å². The van der Waals surface area contributed by atoms with Crippen molar-refractivity contribution in [2.75, 3.05) is 52.4 Å². The topological polar surface area (TPSA) is 51.7 Å². The lowest BCUT2D eigenvalue weighted by atomic mass is 10.1. The molecule has 6 heteroatoms. The number of carbonyl (C=O) groups excluding carboxylic acids is 1. The molecule has 2 fully saturated rings. The molecule has 0 aromatic carbocycles. The maximum Gasteiger partial charge on any atom is 0.234 e. The third kappa shape index (κ3) is 5.76. The zero-order valence-electron chi connectivity index (χ0n) is 15.4. The van der Waals surface area contributed by atoms with Gasteiger partial charge in [-0.05, 0) is 31.5 Å². The minimum atomic E-state index is 0.188. The van der Waals surface area contributed by atoms with Crippen LogP contribution in [0.5, 0.6) is 0 Å². The van der Waals surface area contributed by atoms with Gasteiger partial charge in [0.15, 0.2) is 0 Å². The number of nitrogens with zero attached hydrogens (tertiary/aromatic N) is 4. The number of amides is 1. The second-order valence-electron chi connectivity index (χ2n) is 7.15. The molecule has 1 N–H and O–H groups in total. The van der Waals surface area contributed by atoms with Gasteiger partial charge in [0.05, 0.1) is 12.2 Å². The lowest BCUT2D eigenvalue weighted by Crippen LogP contribution is -2.51.